The van der Waals surface area contributed by atoms with E-state index in [1.807, 2.05) is 24.3 Å². The molecule has 108 valence electrons. The van der Waals surface area contributed by atoms with Gasteiger partial charge in [-0.3, -0.25) is 4.79 Å². The zero-order chi connectivity index (χ0) is 14.2. The zero-order valence-electron chi connectivity index (χ0n) is 11.5. The van der Waals surface area contributed by atoms with Crippen molar-refractivity contribution in [1.29, 1.82) is 0 Å². The predicted octanol–water partition coefficient (Wildman–Crippen LogP) is 4.55. The summed E-state index contributed by atoms with van der Waals surface area (Å²) in [5.41, 5.74) is 1.51. The number of carbonyl (C=O) groups is 1. The molecule has 1 amide bonds. The third-order valence-electron chi connectivity index (χ3n) is 3.35. The van der Waals surface area contributed by atoms with Crippen LogP contribution >= 0.6 is 27.7 Å². The molecule has 0 aromatic heterocycles. The van der Waals surface area contributed by atoms with Gasteiger partial charge in [0.2, 0.25) is 5.91 Å². The molecule has 1 aliphatic carbocycles. The number of nitrogens with one attached hydrogen (secondary N) is 1. The van der Waals surface area contributed by atoms with Crippen LogP contribution in [0.15, 0.2) is 45.3 Å². The first-order valence-electron chi connectivity index (χ1n) is 7.07. The van der Waals surface area contributed by atoms with Crippen molar-refractivity contribution in [2.45, 2.75) is 37.0 Å². The first-order chi connectivity index (χ1) is 9.75. The van der Waals surface area contributed by atoms with Crippen LogP contribution in [-0.2, 0) is 4.79 Å². The van der Waals surface area contributed by atoms with E-state index < -0.39 is 0 Å². The average Bonchev–Trinajstić information content (AvgIpc) is 2.47. The molecule has 1 aromatic carbocycles. The minimum atomic E-state index is 0.113. The summed E-state index contributed by atoms with van der Waals surface area (Å²) in [6.45, 7) is 0.765. The second-order valence-electron chi connectivity index (χ2n) is 4.93. The Morgan fingerprint density at radius 3 is 2.90 bits per heavy atom. The van der Waals surface area contributed by atoms with Crippen LogP contribution in [0.4, 0.5) is 0 Å². The second kappa shape index (κ2) is 8.53. The summed E-state index contributed by atoms with van der Waals surface area (Å²) in [7, 11) is 0. The topological polar surface area (TPSA) is 29.1 Å². The standard InChI is InChI=1S/C16H20BrNOS/c17-14-8-4-5-9-15(14)20-12-16(19)18-11-10-13-6-2-1-3-7-13/h4-6,8-9H,1-3,7,10-12H2,(H,18,19). The van der Waals surface area contributed by atoms with Gasteiger partial charge < -0.3 is 5.32 Å². The van der Waals surface area contributed by atoms with Crippen molar-refractivity contribution in [3.05, 3.63) is 40.4 Å². The summed E-state index contributed by atoms with van der Waals surface area (Å²) in [4.78, 5) is 12.9. The molecule has 0 saturated carbocycles. The molecule has 2 rings (SSSR count). The van der Waals surface area contributed by atoms with Gasteiger partial charge in [0, 0.05) is 15.9 Å². The maximum Gasteiger partial charge on any atom is 0.230 e. The first-order valence-corrected chi connectivity index (χ1v) is 8.85. The molecule has 1 aliphatic rings. The van der Waals surface area contributed by atoms with Gasteiger partial charge in [-0.15, -0.1) is 11.8 Å². The highest BCUT2D eigenvalue weighted by atomic mass is 79.9. The molecular weight excluding hydrogens is 334 g/mol. The lowest BCUT2D eigenvalue weighted by Crippen LogP contribution is -2.26. The van der Waals surface area contributed by atoms with Crippen molar-refractivity contribution in [3.8, 4) is 0 Å². The van der Waals surface area contributed by atoms with E-state index in [9.17, 15) is 4.79 Å². The van der Waals surface area contributed by atoms with E-state index in [4.69, 9.17) is 0 Å². The van der Waals surface area contributed by atoms with E-state index in [1.165, 1.54) is 31.3 Å². The Labute approximate surface area is 133 Å². The van der Waals surface area contributed by atoms with Crippen LogP contribution < -0.4 is 5.32 Å². The molecule has 20 heavy (non-hydrogen) atoms. The summed E-state index contributed by atoms with van der Waals surface area (Å²) in [5.74, 6) is 0.587. The van der Waals surface area contributed by atoms with Crippen molar-refractivity contribution < 1.29 is 4.79 Å². The molecule has 0 heterocycles. The Kier molecular flexibility index (Phi) is 6.67. The Hall–Kier alpha value is -0.740. The van der Waals surface area contributed by atoms with Gasteiger partial charge in [0.15, 0.2) is 0 Å². The third kappa shape index (κ3) is 5.33. The Bertz CT molecular complexity index is 487. The van der Waals surface area contributed by atoms with Crippen LogP contribution in [0.5, 0.6) is 0 Å². The van der Waals surface area contributed by atoms with Crippen LogP contribution in [0.25, 0.3) is 0 Å². The highest BCUT2D eigenvalue weighted by Gasteiger charge is 2.06. The van der Waals surface area contributed by atoms with E-state index in [2.05, 4.69) is 27.3 Å². The number of amides is 1. The number of carbonyl (C=O) groups excluding carboxylic acids is 1. The fourth-order valence-corrected chi connectivity index (χ4v) is 3.65. The lowest BCUT2D eigenvalue weighted by Gasteiger charge is -2.13. The molecule has 0 aliphatic heterocycles. The van der Waals surface area contributed by atoms with Gasteiger partial charge >= 0.3 is 0 Å². The van der Waals surface area contributed by atoms with Crippen LogP contribution in [-0.4, -0.2) is 18.2 Å². The molecule has 0 radical (unpaired) electrons. The fraction of sp³-hybridized carbons (Fsp3) is 0.438. The van der Waals surface area contributed by atoms with Crippen LogP contribution in [0, 0.1) is 0 Å². The number of hydrogen-bond donors (Lipinski definition) is 1. The van der Waals surface area contributed by atoms with Gasteiger partial charge in [0.25, 0.3) is 0 Å². The van der Waals surface area contributed by atoms with Crippen molar-refractivity contribution in [1.82, 2.24) is 5.32 Å². The number of hydrogen-bond acceptors (Lipinski definition) is 2. The van der Waals surface area contributed by atoms with Gasteiger partial charge in [-0.1, -0.05) is 23.8 Å². The number of benzene rings is 1. The monoisotopic (exact) mass is 353 g/mol. The first kappa shape index (κ1) is 15.6. The van der Waals surface area contributed by atoms with E-state index in [0.29, 0.717) is 5.75 Å². The lowest BCUT2D eigenvalue weighted by atomic mass is 9.97. The van der Waals surface area contributed by atoms with E-state index in [1.54, 1.807) is 11.8 Å². The van der Waals surface area contributed by atoms with E-state index >= 15 is 0 Å². The molecule has 1 N–H and O–H groups in total. The molecule has 0 unspecified atom stereocenters. The highest BCUT2D eigenvalue weighted by molar-refractivity contribution is 9.10. The molecular formula is C16H20BrNOS. The predicted molar refractivity (Wildman–Crippen MR) is 89.0 cm³/mol. The zero-order valence-corrected chi connectivity index (χ0v) is 13.9. The average molecular weight is 354 g/mol. The summed E-state index contributed by atoms with van der Waals surface area (Å²) < 4.78 is 1.05. The normalized spacial score (nSPS) is 14.8. The largest absolute Gasteiger partial charge is 0.355 e. The molecule has 0 bridgehead atoms. The summed E-state index contributed by atoms with van der Waals surface area (Å²) in [6, 6.07) is 7.98. The van der Waals surface area contributed by atoms with Gasteiger partial charge in [0.1, 0.15) is 0 Å². The molecule has 0 saturated heterocycles. The van der Waals surface area contributed by atoms with Gasteiger partial charge in [-0.25, -0.2) is 0 Å². The van der Waals surface area contributed by atoms with E-state index in [-0.39, 0.29) is 5.91 Å². The van der Waals surface area contributed by atoms with Gasteiger partial charge in [0.05, 0.1) is 5.75 Å². The number of thioether (sulfide) groups is 1. The number of halogens is 1. The Morgan fingerprint density at radius 2 is 2.15 bits per heavy atom. The maximum absolute atomic E-state index is 11.8. The number of allylic oxidation sites excluding steroid dienone is 1. The summed E-state index contributed by atoms with van der Waals surface area (Å²) in [5, 5.41) is 3.00. The molecule has 4 heteroatoms. The van der Waals surface area contributed by atoms with Crippen molar-refractivity contribution in [3.63, 3.8) is 0 Å². The molecule has 2 nitrogen and oxygen atoms in total. The highest BCUT2D eigenvalue weighted by Crippen LogP contribution is 2.26. The summed E-state index contributed by atoms with van der Waals surface area (Å²) >= 11 is 5.06. The number of rotatable bonds is 6. The van der Waals surface area contributed by atoms with Crippen molar-refractivity contribution >= 4 is 33.6 Å². The van der Waals surface area contributed by atoms with Crippen LogP contribution in [0.2, 0.25) is 0 Å². The molecule has 0 spiro atoms. The van der Waals surface area contributed by atoms with E-state index in [0.717, 1.165) is 22.3 Å². The third-order valence-corrected chi connectivity index (χ3v) is 5.38. The molecule has 0 fully saturated rings. The molecule has 1 aromatic rings. The minimum absolute atomic E-state index is 0.113. The maximum atomic E-state index is 11.8. The Morgan fingerprint density at radius 1 is 1.30 bits per heavy atom. The second-order valence-corrected chi connectivity index (χ2v) is 6.80. The van der Waals surface area contributed by atoms with Crippen molar-refractivity contribution in [2.24, 2.45) is 0 Å². The fourth-order valence-electron chi connectivity index (χ4n) is 2.25. The van der Waals surface area contributed by atoms with Gasteiger partial charge in [-0.05, 0) is 60.2 Å². The van der Waals surface area contributed by atoms with Crippen molar-refractivity contribution in [2.75, 3.05) is 12.3 Å². The van der Waals surface area contributed by atoms with Crippen LogP contribution in [0.1, 0.15) is 32.1 Å². The van der Waals surface area contributed by atoms with Crippen LogP contribution in [0.3, 0.4) is 0 Å². The minimum Gasteiger partial charge on any atom is -0.355 e. The quantitative estimate of drug-likeness (QED) is 0.600. The molecule has 0 atom stereocenters. The Balaban J connectivity index is 1.65. The smallest absolute Gasteiger partial charge is 0.230 e. The summed E-state index contributed by atoms with van der Waals surface area (Å²) in [6.07, 6.45) is 8.38. The SMILES string of the molecule is O=C(CSc1ccccc1Br)NCCC1=CCCCC1. The van der Waals surface area contributed by atoms with Gasteiger partial charge in [-0.2, -0.15) is 0 Å². The lowest BCUT2D eigenvalue weighted by molar-refractivity contribution is -0.118.